The Bertz CT molecular complexity index is 364. The third-order valence-electron chi connectivity index (χ3n) is 3.04. The molecule has 17 heavy (non-hydrogen) atoms. The average Bonchev–Trinajstić information content (AvgIpc) is 2.39. The van der Waals surface area contributed by atoms with Crippen molar-refractivity contribution in [3.63, 3.8) is 0 Å². The van der Waals surface area contributed by atoms with Gasteiger partial charge >= 0.3 is 0 Å². The number of nitrogens with one attached hydrogen (secondary N) is 1. The summed E-state index contributed by atoms with van der Waals surface area (Å²) in [6.07, 6.45) is 1.90. The van der Waals surface area contributed by atoms with Crippen molar-refractivity contribution >= 4 is 5.69 Å². The molecule has 0 radical (unpaired) electrons. The Balaban J connectivity index is 2.52. The standard InChI is InChI=1S/C14H21N3/c1-4-12-5-7-14(8-6-12)17(3)10-9-13(11-15)16-2/h5-8,13,16H,4,9-10H2,1-3H3. The van der Waals surface area contributed by atoms with Gasteiger partial charge < -0.3 is 10.2 Å². The molecular formula is C14H21N3. The highest BCUT2D eigenvalue weighted by Gasteiger charge is 2.06. The van der Waals surface area contributed by atoms with Crippen LogP contribution in [0.15, 0.2) is 24.3 Å². The van der Waals surface area contributed by atoms with Crippen molar-refractivity contribution < 1.29 is 0 Å². The lowest BCUT2D eigenvalue weighted by Gasteiger charge is -2.20. The van der Waals surface area contributed by atoms with Gasteiger partial charge in [0.25, 0.3) is 0 Å². The summed E-state index contributed by atoms with van der Waals surface area (Å²) < 4.78 is 0. The third kappa shape index (κ3) is 4.08. The average molecular weight is 231 g/mol. The number of anilines is 1. The fourth-order valence-corrected chi connectivity index (χ4v) is 1.71. The lowest BCUT2D eigenvalue weighted by Crippen LogP contribution is -2.29. The van der Waals surface area contributed by atoms with E-state index >= 15 is 0 Å². The minimum absolute atomic E-state index is 0.0626. The number of hydrogen-bond donors (Lipinski definition) is 1. The van der Waals surface area contributed by atoms with Crippen LogP contribution < -0.4 is 10.2 Å². The fourth-order valence-electron chi connectivity index (χ4n) is 1.71. The zero-order valence-electron chi connectivity index (χ0n) is 10.9. The van der Waals surface area contributed by atoms with Gasteiger partial charge in [-0.25, -0.2) is 0 Å². The quantitative estimate of drug-likeness (QED) is 0.815. The number of aryl methyl sites for hydroxylation is 1. The summed E-state index contributed by atoms with van der Waals surface area (Å²) in [7, 11) is 3.88. The largest absolute Gasteiger partial charge is 0.375 e. The van der Waals surface area contributed by atoms with Crippen LogP contribution in [0.3, 0.4) is 0 Å². The van der Waals surface area contributed by atoms with Gasteiger partial charge in [0.05, 0.1) is 12.1 Å². The molecule has 0 fully saturated rings. The topological polar surface area (TPSA) is 39.1 Å². The van der Waals surface area contributed by atoms with Crippen LogP contribution in [0.2, 0.25) is 0 Å². The van der Waals surface area contributed by atoms with E-state index in [1.165, 1.54) is 11.3 Å². The van der Waals surface area contributed by atoms with Crippen LogP contribution in [0.1, 0.15) is 18.9 Å². The van der Waals surface area contributed by atoms with E-state index in [1.807, 2.05) is 7.05 Å². The molecule has 0 saturated heterocycles. The van der Waals surface area contributed by atoms with E-state index in [9.17, 15) is 0 Å². The summed E-state index contributed by atoms with van der Waals surface area (Å²) in [5.41, 5.74) is 2.56. The molecule has 0 aliphatic rings. The molecule has 0 saturated carbocycles. The van der Waals surface area contributed by atoms with E-state index in [0.29, 0.717) is 0 Å². The molecule has 0 aliphatic heterocycles. The maximum Gasteiger partial charge on any atom is 0.0967 e. The van der Waals surface area contributed by atoms with Gasteiger partial charge in [0.1, 0.15) is 0 Å². The van der Waals surface area contributed by atoms with Crippen molar-refractivity contribution in [1.82, 2.24) is 5.32 Å². The molecule has 1 rings (SSSR count). The van der Waals surface area contributed by atoms with Gasteiger partial charge in [-0.15, -0.1) is 0 Å². The van der Waals surface area contributed by atoms with Crippen molar-refractivity contribution in [2.45, 2.75) is 25.8 Å². The highest BCUT2D eigenvalue weighted by Crippen LogP contribution is 2.14. The van der Waals surface area contributed by atoms with Crippen LogP contribution in [0, 0.1) is 11.3 Å². The molecule has 1 aromatic rings. The summed E-state index contributed by atoms with van der Waals surface area (Å²) >= 11 is 0. The highest BCUT2D eigenvalue weighted by molar-refractivity contribution is 5.46. The number of hydrogen-bond acceptors (Lipinski definition) is 3. The van der Waals surface area contributed by atoms with E-state index < -0.39 is 0 Å². The highest BCUT2D eigenvalue weighted by atomic mass is 15.1. The van der Waals surface area contributed by atoms with Crippen molar-refractivity contribution in [3.05, 3.63) is 29.8 Å². The van der Waals surface area contributed by atoms with Crippen LogP contribution in [0.4, 0.5) is 5.69 Å². The summed E-state index contributed by atoms with van der Waals surface area (Å²) in [6.45, 7) is 3.04. The third-order valence-corrected chi connectivity index (χ3v) is 3.04. The van der Waals surface area contributed by atoms with E-state index in [4.69, 9.17) is 5.26 Å². The number of rotatable bonds is 6. The van der Waals surface area contributed by atoms with Gasteiger partial charge in [0.2, 0.25) is 0 Å². The van der Waals surface area contributed by atoms with Crippen LogP contribution in [0.25, 0.3) is 0 Å². The van der Waals surface area contributed by atoms with E-state index in [0.717, 1.165) is 19.4 Å². The van der Waals surface area contributed by atoms with Gasteiger partial charge in [-0.1, -0.05) is 19.1 Å². The first-order valence-corrected chi connectivity index (χ1v) is 6.08. The Morgan fingerprint density at radius 3 is 2.47 bits per heavy atom. The Morgan fingerprint density at radius 2 is 2.00 bits per heavy atom. The molecule has 0 aliphatic carbocycles. The lowest BCUT2D eigenvalue weighted by atomic mass is 10.1. The molecule has 1 atom stereocenters. The first kappa shape index (κ1) is 13.5. The van der Waals surface area contributed by atoms with Gasteiger partial charge in [-0.3, -0.25) is 0 Å². The Hall–Kier alpha value is -1.53. The van der Waals surface area contributed by atoms with E-state index in [2.05, 4.69) is 54.5 Å². The molecule has 1 unspecified atom stereocenters. The number of benzene rings is 1. The molecule has 3 heteroatoms. The van der Waals surface area contributed by atoms with Crippen LogP contribution in [0.5, 0.6) is 0 Å². The zero-order chi connectivity index (χ0) is 12.7. The summed E-state index contributed by atoms with van der Waals surface area (Å²) in [6, 6.07) is 10.8. The lowest BCUT2D eigenvalue weighted by molar-refractivity contribution is 0.621. The van der Waals surface area contributed by atoms with Crippen molar-refractivity contribution in [3.8, 4) is 6.07 Å². The van der Waals surface area contributed by atoms with Crippen molar-refractivity contribution in [2.24, 2.45) is 0 Å². The number of nitrogens with zero attached hydrogens (tertiary/aromatic N) is 2. The normalized spacial score (nSPS) is 11.9. The molecule has 1 aromatic carbocycles. The van der Waals surface area contributed by atoms with Crippen LogP contribution in [-0.4, -0.2) is 26.7 Å². The first-order valence-electron chi connectivity index (χ1n) is 6.08. The molecular weight excluding hydrogens is 210 g/mol. The Labute approximate surface area is 104 Å². The van der Waals surface area contributed by atoms with Crippen LogP contribution >= 0.6 is 0 Å². The molecule has 0 aromatic heterocycles. The zero-order valence-corrected chi connectivity index (χ0v) is 10.9. The fraction of sp³-hybridized carbons (Fsp3) is 0.500. The van der Waals surface area contributed by atoms with E-state index in [1.54, 1.807) is 0 Å². The maximum absolute atomic E-state index is 8.85. The predicted molar refractivity (Wildman–Crippen MR) is 72.2 cm³/mol. The SMILES string of the molecule is CCc1ccc(N(C)CCC(C#N)NC)cc1. The van der Waals surface area contributed by atoms with E-state index in [-0.39, 0.29) is 6.04 Å². The maximum atomic E-state index is 8.85. The number of nitriles is 1. The molecule has 1 N–H and O–H groups in total. The summed E-state index contributed by atoms with van der Waals surface area (Å²) in [5.74, 6) is 0. The molecule has 0 heterocycles. The first-order chi connectivity index (χ1) is 8.21. The van der Waals surface area contributed by atoms with Gasteiger partial charge in [0.15, 0.2) is 0 Å². The second-order valence-corrected chi connectivity index (χ2v) is 4.20. The summed E-state index contributed by atoms with van der Waals surface area (Å²) in [4.78, 5) is 2.18. The van der Waals surface area contributed by atoms with Crippen LogP contribution in [-0.2, 0) is 6.42 Å². The molecule has 92 valence electrons. The minimum atomic E-state index is -0.0626. The smallest absolute Gasteiger partial charge is 0.0967 e. The predicted octanol–water partition coefficient (Wildman–Crippen LogP) is 2.19. The monoisotopic (exact) mass is 231 g/mol. The second-order valence-electron chi connectivity index (χ2n) is 4.20. The minimum Gasteiger partial charge on any atom is -0.375 e. The summed E-state index contributed by atoms with van der Waals surface area (Å²) in [5, 5.41) is 11.8. The molecule has 0 bridgehead atoms. The van der Waals surface area contributed by atoms with Gasteiger partial charge in [0, 0.05) is 19.3 Å². The van der Waals surface area contributed by atoms with Crippen molar-refractivity contribution in [2.75, 3.05) is 25.5 Å². The van der Waals surface area contributed by atoms with Gasteiger partial charge in [-0.2, -0.15) is 5.26 Å². The second kappa shape index (κ2) is 6.93. The molecule has 0 amide bonds. The Morgan fingerprint density at radius 1 is 1.35 bits per heavy atom. The van der Waals surface area contributed by atoms with Crippen molar-refractivity contribution in [1.29, 1.82) is 5.26 Å². The molecule has 0 spiro atoms. The Kier molecular flexibility index (Phi) is 5.51. The van der Waals surface area contributed by atoms with Gasteiger partial charge in [-0.05, 0) is 37.6 Å². The molecule has 3 nitrogen and oxygen atoms in total.